The molecule has 16 heavy (non-hydrogen) atoms. The van der Waals surface area contributed by atoms with Crippen molar-refractivity contribution in [2.24, 2.45) is 5.92 Å². The molecule has 1 aromatic carbocycles. The van der Waals surface area contributed by atoms with Crippen LogP contribution < -0.4 is 4.74 Å². The fraction of sp³-hybridized carbons (Fsp3) is 0.364. The SMILES string of the molecule is CC(COc1ccc(F)cc1Cl)CC(=O)O. The van der Waals surface area contributed by atoms with E-state index in [0.29, 0.717) is 5.75 Å². The molecule has 1 unspecified atom stereocenters. The molecule has 1 rings (SSSR count). The summed E-state index contributed by atoms with van der Waals surface area (Å²) in [5.74, 6) is -1.07. The lowest BCUT2D eigenvalue weighted by atomic mass is 10.1. The van der Waals surface area contributed by atoms with Crippen LogP contribution in [0.4, 0.5) is 4.39 Å². The van der Waals surface area contributed by atoms with E-state index < -0.39 is 11.8 Å². The van der Waals surface area contributed by atoms with Crippen LogP contribution in [0.25, 0.3) is 0 Å². The fourth-order valence-corrected chi connectivity index (χ4v) is 1.40. The number of hydrogen-bond acceptors (Lipinski definition) is 2. The van der Waals surface area contributed by atoms with Gasteiger partial charge in [0.15, 0.2) is 0 Å². The van der Waals surface area contributed by atoms with Crippen molar-refractivity contribution in [3.63, 3.8) is 0 Å². The average Bonchev–Trinajstić information content (AvgIpc) is 2.15. The van der Waals surface area contributed by atoms with E-state index in [1.807, 2.05) is 0 Å². The zero-order chi connectivity index (χ0) is 12.1. The quantitative estimate of drug-likeness (QED) is 0.869. The number of carbonyl (C=O) groups is 1. The van der Waals surface area contributed by atoms with Gasteiger partial charge < -0.3 is 9.84 Å². The first-order chi connectivity index (χ1) is 7.49. The minimum atomic E-state index is -0.874. The number of carboxylic acids is 1. The lowest BCUT2D eigenvalue weighted by Crippen LogP contribution is -2.13. The molecule has 1 N–H and O–H groups in total. The summed E-state index contributed by atoms with van der Waals surface area (Å²) in [5.41, 5.74) is 0. The minimum Gasteiger partial charge on any atom is -0.492 e. The molecule has 0 spiro atoms. The van der Waals surface area contributed by atoms with Crippen LogP contribution in [0.1, 0.15) is 13.3 Å². The van der Waals surface area contributed by atoms with Crippen molar-refractivity contribution >= 4 is 17.6 Å². The highest BCUT2D eigenvalue weighted by atomic mass is 35.5. The Hall–Kier alpha value is -1.29. The third-order valence-corrected chi connectivity index (χ3v) is 2.24. The van der Waals surface area contributed by atoms with Crippen LogP contribution in [0, 0.1) is 11.7 Å². The second kappa shape index (κ2) is 5.70. The van der Waals surface area contributed by atoms with E-state index in [0.717, 1.165) is 6.07 Å². The van der Waals surface area contributed by atoms with Crippen molar-refractivity contribution < 1.29 is 19.0 Å². The van der Waals surface area contributed by atoms with Gasteiger partial charge in [-0.05, 0) is 18.2 Å². The number of halogens is 2. The fourth-order valence-electron chi connectivity index (χ4n) is 1.18. The summed E-state index contributed by atoms with van der Waals surface area (Å²) in [4.78, 5) is 10.4. The molecule has 0 saturated carbocycles. The molecule has 0 fully saturated rings. The maximum absolute atomic E-state index is 12.7. The van der Waals surface area contributed by atoms with E-state index in [9.17, 15) is 9.18 Å². The van der Waals surface area contributed by atoms with Crippen molar-refractivity contribution in [3.8, 4) is 5.75 Å². The summed E-state index contributed by atoms with van der Waals surface area (Å²) < 4.78 is 18.0. The van der Waals surface area contributed by atoms with Gasteiger partial charge in [-0.3, -0.25) is 4.79 Å². The number of carboxylic acid groups (broad SMARTS) is 1. The average molecular weight is 247 g/mol. The van der Waals surface area contributed by atoms with Gasteiger partial charge in [-0.1, -0.05) is 18.5 Å². The number of rotatable bonds is 5. The first-order valence-corrected chi connectivity index (χ1v) is 5.16. The van der Waals surface area contributed by atoms with Crippen LogP contribution in [0.3, 0.4) is 0 Å². The van der Waals surface area contributed by atoms with Crippen molar-refractivity contribution in [2.45, 2.75) is 13.3 Å². The molecule has 0 bridgehead atoms. The molecule has 0 aliphatic heterocycles. The first-order valence-electron chi connectivity index (χ1n) is 4.78. The van der Waals surface area contributed by atoms with Crippen LogP contribution in [-0.4, -0.2) is 17.7 Å². The van der Waals surface area contributed by atoms with Gasteiger partial charge in [0.1, 0.15) is 11.6 Å². The van der Waals surface area contributed by atoms with Crippen molar-refractivity contribution in [2.75, 3.05) is 6.61 Å². The lowest BCUT2D eigenvalue weighted by molar-refractivity contribution is -0.138. The summed E-state index contributed by atoms with van der Waals surface area (Å²) in [5, 5.41) is 8.72. The van der Waals surface area contributed by atoms with Gasteiger partial charge in [0.2, 0.25) is 0 Å². The van der Waals surface area contributed by atoms with E-state index in [-0.39, 0.29) is 24.0 Å². The standard InChI is InChI=1S/C11H12ClFO3/c1-7(4-11(14)15)6-16-10-3-2-8(13)5-9(10)12/h2-3,5,7H,4,6H2,1H3,(H,14,15). The molecule has 88 valence electrons. The van der Waals surface area contributed by atoms with E-state index in [1.54, 1.807) is 6.92 Å². The number of benzene rings is 1. The highest BCUT2D eigenvalue weighted by Gasteiger charge is 2.10. The van der Waals surface area contributed by atoms with Crippen LogP contribution in [0.5, 0.6) is 5.75 Å². The normalized spacial score (nSPS) is 12.2. The molecular formula is C11H12ClFO3. The third kappa shape index (κ3) is 4.06. The van der Waals surface area contributed by atoms with E-state index in [4.69, 9.17) is 21.4 Å². The smallest absolute Gasteiger partial charge is 0.303 e. The maximum Gasteiger partial charge on any atom is 0.303 e. The molecule has 0 radical (unpaired) electrons. The van der Waals surface area contributed by atoms with Gasteiger partial charge in [0.25, 0.3) is 0 Å². The minimum absolute atomic E-state index is 0.0266. The number of aliphatic carboxylic acids is 1. The van der Waals surface area contributed by atoms with E-state index in [1.165, 1.54) is 12.1 Å². The molecule has 3 nitrogen and oxygen atoms in total. The topological polar surface area (TPSA) is 46.5 Å². The summed E-state index contributed by atoms with van der Waals surface area (Å²) >= 11 is 5.74. The Morgan fingerprint density at radius 1 is 1.62 bits per heavy atom. The Labute approximate surface area is 97.8 Å². The van der Waals surface area contributed by atoms with Gasteiger partial charge in [-0.15, -0.1) is 0 Å². The van der Waals surface area contributed by atoms with Gasteiger partial charge in [-0.25, -0.2) is 4.39 Å². The molecule has 0 aromatic heterocycles. The Morgan fingerprint density at radius 2 is 2.31 bits per heavy atom. The summed E-state index contributed by atoms with van der Waals surface area (Å²) in [6, 6.07) is 3.81. The Kier molecular flexibility index (Phi) is 4.55. The van der Waals surface area contributed by atoms with E-state index >= 15 is 0 Å². The highest BCUT2D eigenvalue weighted by Crippen LogP contribution is 2.25. The van der Waals surface area contributed by atoms with Crippen LogP contribution in [0.15, 0.2) is 18.2 Å². The maximum atomic E-state index is 12.7. The van der Waals surface area contributed by atoms with Crippen LogP contribution in [-0.2, 0) is 4.79 Å². The van der Waals surface area contributed by atoms with Crippen molar-refractivity contribution in [1.82, 2.24) is 0 Å². The third-order valence-electron chi connectivity index (χ3n) is 1.94. The predicted molar refractivity (Wildman–Crippen MR) is 58.3 cm³/mol. The summed E-state index contributed by atoms with van der Waals surface area (Å²) in [6.45, 7) is 1.99. The summed E-state index contributed by atoms with van der Waals surface area (Å²) in [7, 11) is 0. The Bertz CT molecular complexity index is 381. The second-order valence-electron chi connectivity index (χ2n) is 3.59. The summed E-state index contributed by atoms with van der Waals surface area (Å²) in [6.07, 6.45) is 0.0266. The molecule has 0 saturated heterocycles. The molecule has 1 atom stereocenters. The zero-order valence-corrected chi connectivity index (χ0v) is 9.50. The van der Waals surface area contributed by atoms with Crippen LogP contribution >= 0.6 is 11.6 Å². The largest absolute Gasteiger partial charge is 0.492 e. The molecule has 0 aliphatic carbocycles. The van der Waals surface area contributed by atoms with Gasteiger partial charge in [0.05, 0.1) is 18.1 Å². The molecule has 0 amide bonds. The van der Waals surface area contributed by atoms with Crippen LogP contribution in [0.2, 0.25) is 5.02 Å². The van der Waals surface area contributed by atoms with Gasteiger partial charge in [0, 0.05) is 5.92 Å². The monoisotopic (exact) mass is 246 g/mol. The predicted octanol–water partition coefficient (Wildman–Crippen LogP) is 2.97. The van der Waals surface area contributed by atoms with Crippen molar-refractivity contribution in [3.05, 3.63) is 29.0 Å². The Balaban J connectivity index is 2.51. The number of hydrogen-bond donors (Lipinski definition) is 1. The lowest BCUT2D eigenvalue weighted by Gasteiger charge is -2.12. The highest BCUT2D eigenvalue weighted by molar-refractivity contribution is 6.32. The molecule has 1 aromatic rings. The van der Waals surface area contributed by atoms with Gasteiger partial charge >= 0.3 is 5.97 Å². The Morgan fingerprint density at radius 3 is 2.88 bits per heavy atom. The second-order valence-corrected chi connectivity index (χ2v) is 4.00. The van der Waals surface area contributed by atoms with E-state index in [2.05, 4.69) is 0 Å². The first kappa shape index (κ1) is 12.8. The van der Waals surface area contributed by atoms with Crippen molar-refractivity contribution in [1.29, 1.82) is 0 Å². The van der Waals surface area contributed by atoms with Gasteiger partial charge in [-0.2, -0.15) is 0 Å². The molecule has 0 aliphatic rings. The molecular weight excluding hydrogens is 235 g/mol. The molecule has 0 heterocycles. The molecule has 5 heteroatoms. The number of ether oxygens (including phenoxy) is 1. The zero-order valence-electron chi connectivity index (χ0n) is 8.74.